The smallest absolute Gasteiger partial charge is 0.0561 e. The lowest BCUT2D eigenvalue weighted by molar-refractivity contribution is 0.0140. The standard InChI is InChI=1S/C11H21NO/c1-9(2)4-6-12-11-5-7-13-10(3)8-11/h4,10-12H,5-8H2,1-3H3. The summed E-state index contributed by atoms with van der Waals surface area (Å²) < 4.78 is 5.48. The zero-order valence-corrected chi connectivity index (χ0v) is 8.97. The molecule has 2 nitrogen and oxygen atoms in total. The van der Waals surface area contributed by atoms with Crippen LogP contribution in [0, 0.1) is 0 Å². The van der Waals surface area contributed by atoms with Gasteiger partial charge in [0, 0.05) is 19.2 Å². The van der Waals surface area contributed by atoms with Crippen LogP contribution in [0.4, 0.5) is 0 Å². The van der Waals surface area contributed by atoms with Crippen molar-refractivity contribution in [2.75, 3.05) is 13.2 Å². The first-order valence-electron chi connectivity index (χ1n) is 5.17. The maximum atomic E-state index is 5.48. The maximum Gasteiger partial charge on any atom is 0.0561 e. The molecule has 13 heavy (non-hydrogen) atoms. The average Bonchev–Trinajstić information content (AvgIpc) is 2.03. The molecule has 0 aromatic heterocycles. The van der Waals surface area contributed by atoms with E-state index < -0.39 is 0 Å². The Balaban J connectivity index is 2.17. The molecule has 0 radical (unpaired) electrons. The van der Waals surface area contributed by atoms with Gasteiger partial charge in [-0.25, -0.2) is 0 Å². The van der Waals surface area contributed by atoms with Gasteiger partial charge < -0.3 is 10.1 Å². The molecule has 1 N–H and O–H groups in total. The van der Waals surface area contributed by atoms with E-state index in [4.69, 9.17) is 4.74 Å². The fourth-order valence-corrected chi connectivity index (χ4v) is 1.61. The number of nitrogens with one attached hydrogen (secondary N) is 1. The van der Waals surface area contributed by atoms with E-state index >= 15 is 0 Å². The van der Waals surface area contributed by atoms with Crippen LogP contribution < -0.4 is 5.32 Å². The summed E-state index contributed by atoms with van der Waals surface area (Å²) in [6, 6.07) is 0.652. The van der Waals surface area contributed by atoms with Gasteiger partial charge in [-0.05, 0) is 33.6 Å². The molecule has 0 spiro atoms. The molecule has 0 aliphatic carbocycles. The first kappa shape index (κ1) is 10.7. The molecule has 1 heterocycles. The van der Waals surface area contributed by atoms with E-state index in [9.17, 15) is 0 Å². The van der Waals surface area contributed by atoms with E-state index in [0.717, 1.165) is 26.0 Å². The van der Waals surface area contributed by atoms with Gasteiger partial charge in [-0.15, -0.1) is 0 Å². The number of hydrogen-bond donors (Lipinski definition) is 1. The van der Waals surface area contributed by atoms with Crippen molar-refractivity contribution in [1.29, 1.82) is 0 Å². The molecular formula is C11H21NO. The lowest BCUT2D eigenvalue weighted by Gasteiger charge is -2.27. The van der Waals surface area contributed by atoms with Crippen molar-refractivity contribution in [3.05, 3.63) is 11.6 Å². The second-order valence-corrected chi connectivity index (χ2v) is 4.09. The Morgan fingerprint density at radius 1 is 1.54 bits per heavy atom. The van der Waals surface area contributed by atoms with Crippen molar-refractivity contribution in [2.45, 2.75) is 45.8 Å². The highest BCUT2D eigenvalue weighted by Gasteiger charge is 2.17. The Morgan fingerprint density at radius 2 is 2.31 bits per heavy atom. The van der Waals surface area contributed by atoms with E-state index in [1.165, 1.54) is 5.57 Å². The van der Waals surface area contributed by atoms with Gasteiger partial charge >= 0.3 is 0 Å². The van der Waals surface area contributed by atoms with Crippen LogP contribution in [0.2, 0.25) is 0 Å². The average molecular weight is 183 g/mol. The van der Waals surface area contributed by atoms with Crippen molar-refractivity contribution in [3.8, 4) is 0 Å². The zero-order valence-electron chi connectivity index (χ0n) is 8.97. The van der Waals surface area contributed by atoms with Gasteiger partial charge in [0.1, 0.15) is 0 Å². The Morgan fingerprint density at radius 3 is 2.92 bits per heavy atom. The zero-order chi connectivity index (χ0) is 9.68. The second-order valence-electron chi connectivity index (χ2n) is 4.09. The van der Waals surface area contributed by atoms with Crippen LogP contribution in [-0.4, -0.2) is 25.3 Å². The lowest BCUT2D eigenvalue weighted by atomic mass is 10.0. The number of ether oxygens (including phenoxy) is 1. The van der Waals surface area contributed by atoms with Crippen LogP contribution in [0.25, 0.3) is 0 Å². The fourth-order valence-electron chi connectivity index (χ4n) is 1.61. The summed E-state index contributed by atoms with van der Waals surface area (Å²) in [4.78, 5) is 0. The third-order valence-corrected chi connectivity index (χ3v) is 2.40. The highest BCUT2D eigenvalue weighted by Crippen LogP contribution is 2.12. The third kappa shape index (κ3) is 4.44. The molecule has 1 rings (SSSR count). The minimum atomic E-state index is 0.429. The molecule has 1 aliphatic rings. The minimum absolute atomic E-state index is 0.429. The summed E-state index contributed by atoms with van der Waals surface area (Å²) in [5, 5.41) is 3.53. The van der Waals surface area contributed by atoms with E-state index in [2.05, 4.69) is 32.2 Å². The van der Waals surface area contributed by atoms with Gasteiger partial charge in [0.2, 0.25) is 0 Å². The normalized spacial score (nSPS) is 28.5. The van der Waals surface area contributed by atoms with Crippen molar-refractivity contribution in [1.82, 2.24) is 5.32 Å². The van der Waals surface area contributed by atoms with Crippen LogP contribution in [0.15, 0.2) is 11.6 Å². The molecule has 0 amide bonds. The van der Waals surface area contributed by atoms with Crippen molar-refractivity contribution in [2.24, 2.45) is 0 Å². The molecule has 2 atom stereocenters. The van der Waals surface area contributed by atoms with Gasteiger partial charge in [0.25, 0.3) is 0 Å². The van der Waals surface area contributed by atoms with Gasteiger partial charge in [-0.3, -0.25) is 0 Å². The summed E-state index contributed by atoms with van der Waals surface area (Å²) >= 11 is 0. The summed E-state index contributed by atoms with van der Waals surface area (Å²) in [5.74, 6) is 0. The molecule has 76 valence electrons. The SMILES string of the molecule is CC(C)=CCNC1CCOC(C)C1. The Kier molecular flexibility index (Phi) is 4.46. The van der Waals surface area contributed by atoms with Crippen LogP contribution in [0.3, 0.4) is 0 Å². The van der Waals surface area contributed by atoms with Crippen LogP contribution in [0.1, 0.15) is 33.6 Å². The predicted octanol–water partition coefficient (Wildman–Crippen LogP) is 2.11. The molecular weight excluding hydrogens is 162 g/mol. The first-order valence-corrected chi connectivity index (χ1v) is 5.17. The Labute approximate surface area is 81.4 Å². The number of hydrogen-bond acceptors (Lipinski definition) is 2. The first-order chi connectivity index (χ1) is 6.18. The quantitative estimate of drug-likeness (QED) is 0.677. The largest absolute Gasteiger partial charge is 0.378 e. The number of allylic oxidation sites excluding steroid dienone is 1. The summed E-state index contributed by atoms with van der Waals surface area (Å²) in [7, 11) is 0. The van der Waals surface area contributed by atoms with Crippen molar-refractivity contribution < 1.29 is 4.74 Å². The van der Waals surface area contributed by atoms with Crippen LogP contribution in [-0.2, 0) is 4.74 Å². The van der Waals surface area contributed by atoms with E-state index in [1.54, 1.807) is 0 Å². The minimum Gasteiger partial charge on any atom is -0.378 e. The predicted molar refractivity (Wildman–Crippen MR) is 55.9 cm³/mol. The second kappa shape index (κ2) is 5.40. The summed E-state index contributed by atoms with van der Waals surface area (Å²) in [6.07, 6.45) is 4.97. The lowest BCUT2D eigenvalue weighted by Crippen LogP contribution is -2.38. The van der Waals surface area contributed by atoms with Gasteiger partial charge in [-0.2, -0.15) is 0 Å². The number of rotatable bonds is 3. The van der Waals surface area contributed by atoms with Crippen LogP contribution in [0.5, 0.6) is 0 Å². The summed E-state index contributed by atoms with van der Waals surface area (Å²) in [5.41, 5.74) is 1.38. The highest BCUT2D eigenvalue weighted by atomic mass is 16.5. The molecule has 0 saturated carbocycles. The topological polar surface area (TPSA) is 21.3 Å². The molecule has 2 heteroatoms. The van der Waals surface area contributed by atoms with E-state index in [0.29, 0.717) is 12.1 Å². The molecule has 0 aromatic carbocycles. The van der Waals surface area contributed by atoms with Crippen LogP contribution >= 0.6 is 0 Å². The highest BCUT2D eigenvalue weighted by molar-refractivity contribution is 4.95. The monoisotopic (exact) mass is 183 g/mol. The molecule has 1 fully saturated rings. The molecule has 1 saturated heterocycles. The van der Waals surface area contributed by atoms with Crippen molar-refractivity contribution in [3.63, 3.8) is 0 Å². The molecule has 0 aromatic rings. The molecule has 1 aliphatic heterocycles. The fraction of sp³-hybridized carbons (Fsp3) is 0.818. The molecule has 0 bridgehead atoms. The van der Waals surface area contributed by atoms with Gasteiger partial charge in [0.15, 0.2) is 0 Å². The Bertz CT molecular complexity index is 173. The van der Waals surface area contributed by atoms with Crippen molar-refractivity contribution >= 4 is 0 Å². The summed E-state index contributed by atoms with van der Waals surface area (Å²) in [6.45, 7) is 8.32. The van der Waals surface area contributed by atoms with E-state index in [1.807, 2.05) is 0 Å². The third-order valence-electron chi connectivity index (χ3n) is 2.40. The Hall–Kier alpha value is -0.340. The van der Waals surface area contributed by atoms with E-state index in [-0.39, 0.29) is 0 Å². The van der Waals surface area contributed by atoms with Gasteiger partial charge in [0.05, 0.1) is 6.10 Å². The molecule has 2 unspecified atom stereocenters. The van der Waals surface area contributed by atoms with Gasteiger partial charge in [-0.1, -0.05) is 11.6 Å². The maximum absolute atomic E-state index is 5.48.